The quantitative estimate of drug-likeness (QED) is 0.760. The Hall–Kier alpha value is -2.22. The molecule has 1 aliphatic rings. The third-order valence-corrected chi connectivity index (χ3v) is 6.17. The van der Waals surface area contributed by atoms with Gasteiger partial charge in [-0.25, -0.2) is 13.1 Å². The molecule has 0 bridgehead atoms. The summed E-state index contributed by atoms with van der Waals surface area (Å²) in [4.78, 5) is 14.6. The molecule has 0 spiro atoms. The van der Waals surface area contributed by atoms with Crippen molar-refractivity contribution in [2.45, 2.75) is 17.9 Å². The van der Waals surface area contributed by atoms with E-state index in [1.165, 1.54) is 12.1 Å². The van der Waals surface area contributed by atoms with Crippen molar-refractivity contribution in [2.24, 2.45) is 5.92 Å². The SMILES string of the molecule is CNCC1CCN(C(=O)c2cccc(S(=O)(=O)NCc3ccccc3)c2)C1. The molecule has 0 aromatic heterocycles. The highest BCUT2D eigenvalue weighted by atomic mass is 32.2. The Bertz CT molecular complexity index is 884. The number of carbonyl (C=O) groups excluding carboxylic acids is 1. The number of likely N-dealkylation sites (tertiary alicyclic amines) is 1. The van der Waals surface area contributed by atoms with Gasteiger partial charge in [-0.1, -0.05) is 36.4 Å². The minimum absolute atomic E-state index is 0.107. The zero-order valence-corrected chi connectivity index (χ0v) is 16.2. The molecule has 0 radical (unpaired) electrons. The van der Waals surface area contributed by atoms with Crippen molar-refractivity contribution in [3.05, 3.63) is 65.7 Å². The van der Waals surface area contributed by atoms with Crippen LogP contribution in [0.2, 0.25) is 0 Å². The van der Waals surface area contributed by atoms with Crippen molar-refractivity contribution in [3.63, 3.8) is 0 Å². The fourth-order valence-corrected chi connectivity index (χ4v) is 4.37. The first-order valence-corrected chi connectivity index (χ1v) is 10.6. The monoisotopic (exact) mass is 387 g/mol. The summed E-state index contributed by atoms with van der Waals surface area (Å²) >= 11 is 0. The van der Waals surface area contributed by atoms with E-state index < -0.39 is 10.0 Å². The molecule has 1 amide bonds. The molecule has 1 atom stereocenters. The van der Waals surface area contributed by atoms with Crippen molar-refractivity contribution in [3.8, 4) is 0 Å². The van der Waals surface area contributed by atoms with E-state index in [4.69, 9.17) is 0 Å². The highest BCUT2D eigenvalue weighted by molar-refractivity contribution is 7.89. The molecule has 27 heavy (non-hydrogen) atoms. The second-order valence-corrected chi connectivity index (χ2v) is 8.57. The molecule has 1 unspecified atom stereocenters. The molecule has 144 valence electrons. The second kappa shape index (κ2) is 8.65. The predicted octanol–water partition coefficient (Wildman–Crippen LogP) is 1.85. The van der Waals surface area contributed by atoms with Crippen molar-refractivity contribution in [1.29, 1.82) is 0 Å². The molecule has 1 aliphatic heterocycles. The average molecular weight is 388 g/mol. The van der Waals surface area contributed by atoms with Crippen LogP contribution in [0.1, 0.15) is 22.3 Å². The number of nitrogens with one attached hydrogen (secondary N) is 2. The van der Waals surface area contributed by atoms with E-state index in [0.29, 0.717) is 24.6 Å². The summed E-state index contributed by atoms with van der Waals surface area (Å²) in [6.45, 7) is 2.48. The lowest BCUT2D eigenvalue weighted by Crippen LogP contribution is -2.30. The number of carbonyl (C=O) groups is 1. The van der Waals surface area contributed by atoms with E-state index in [1.807, 2.05) is 37.4 Å². The summed E-state index contributed by atoms with van der Waals surface area (Å²) in [5, 5.41) is 3.14. The molecule has 2 aromatic carbocycles. The number of amides is 1. The highest BCUT2D eigenvalue weighted by Crippen LogP contribution is 2.20. The predicted molar refractivity (Wildman–Crippen MR) is 105 cm³/mol. The summed E-state index contributed by atoms with van der Waals surface area (Å²) in [5.74, 6) is 0.326. The van der Waals surface area contributed by atoms with Gasteiger partial charge < -0.3 is 10.2 Å². The smallest absolute Gasteiger partial charge is 0.253 e. The zero-order chi connectivity index (χ0) is 19.3. The van der Waals surface area contributed by atoms with Crippen molar-refractivity contribution in [1.82, 2.24) is 14.9 Å². The maximum Gasteiger partial charge on any atom is 0.253 e. The van der Waals surface area contributed by atoms with Crippen LogP contribution in [0.4, 0.5) is 0 Å². The van der Waals surface area contributed by atoms with Crippen molar-refractivity contribution in [2.75, 3.05) is 26.7 Å². The molecular weight excluding hydrogens is 362 g/mol. The molecule has 0 aliphatic carbocycles. The Labute approximate surface area is 160 Å². The van der Waals surface area contributed by atoms with E-state index in [9.17, 15) is 13.2 Å². The second-order valence-electron chi connectivity index (χ2n) is 6.80. The molecule has 2 N–H and O–H groups in total. The zero-order valence-electron chi connectivity index (χ0n) is 15.4. The number of hydrogen-bond donors (Lipinski definition) is 2. The minimum atomic E-state index is -3.69. The van der Waals surface area contributed by atoms with Crippen LogP contribution in [-0.2, 0) is 16.6 Å². The third kappa shape index (κ3) is 4.94. The first-order valence-electron chi connectivity index (χ1n) is 9.07. The van der Waals surface area contributed by atoms with Gasteiger partial charge >= 0.3 is 0 Å². The van der Waals surface area contributed by atoms with Crippen LogP contribution in [0.15, 0.2) is 59.5 Å². The number of sulfonamides is 1. The van der Waals surface area contributed by atoms with Gasteiger partial charge in [-0.3, -0.25) is 4.79 Å². The van der Waals surface area contributed by atoms with Crippen molar-refractivity contribution < 1.29 is 13.2 Å². The van der Waals surface area contributed by atoms with Gasteiger partial charge in [0.15, 0.2) is 0 Å². The van der Waals surface area contributed by atoms with Gasteiger partial charge in [0.25, 0.3) is 5.91 Å². The largest absolute Gasteiger partial charge is 0.338 e. The molecule has 6 nitrogen and oxygen atoms in total. The summed E-state index contributed by atoms with van der Waals surface area (Å²) in [7, 11) is -1.78. The number of nitrogens with zero attached hydrogens (tertiary/aromatic N) is 1. The van der Waals surface area contributed by atoms with Crippen LogP contribution in [0.3, 0.4) is 0 Å². The minimum Gasteiger partial charge on any atom is -0.338 e. The summed E-state index contributed by atoms with van der Waals surface area (Å²) in [6.07, 6.45) is 0.962. The molecule has 1 fully saturated rings. The van der Waals surface area contributed by atoms with Crippen LogP contribution < -0.4 is 10.0 Å². The van der Waals surface area contributed by atoms with Crippen LogP contribution in [0.5, 0.6) is 0 Å². The third-order valence-electron chi connectivity index (χ3n) is 4.77. The van der Waals surface area contributed by atoms with Gasteiger partial charge in [-0.15, -0.1) is 0 Å². The highest BCUT2D eigenvalue weighted by Gasteiger charge is 2.27. The summed E-state index contributed by atoms with van der Waals surface area (Å²) < 4.78 is 27.8. The molecule has 2 aromatic rings. The van der Waals surface area contributed by atoms with Gasteiger partial charge in [-0.2, -0.15) is 0 Å². The summed E-state index contributed by atoms with van der Waals surface area (Å²) in [5.41, 5.74) is 1.28. The summed E-state index contributed by atoms with van der Waals surface area (Å²) in [6, 6.07) is 15.6. The first-order chi connectivity index (χ1) is 13.0. The fourth-order valence-electron chi connectivity index (χ4n) is 3.31. The fraction of sp³-hybridized carbons (Fsp3) is 0.350. The average Bonchev–Trinajstić information content (AvgIpc) is 3.16. The number of rotatable bonds is 7. The van der Waals surface area contributed by atoms with E-state index in [2.05, 4.69) is 10.0 Å². The molecule has 1 heterocycles. The Morgan fingerprint density at radius 2 is 1.93 bits per heavy atom. The van der Waals surface area contributed by atoms with Crippen LogP contribution >= 0.6 is 0 Å². The Morgan fingerprint density at radius 3 is 2.67 bits per heavy atom. The lowest BCUT2D eigenvalue weighted by atomic mass is 10.1. The Balaban J connectivity index is 1.70. The van der Waals surface area contributed by atoms with Gasteiger partial charge in [0.1, 0.15) is 0 Å². The van der Waals surface area contributed by atoms with Gasteiger partial charge in [0.05, 0.1) is 4.90 Å². The van der Waals surface area contributed by atoms with Gasteiger partial charge in [0, 0.05) is 25.2 Å². The van der Waals surface area contributed by atoms with Crippen LogP contribution in [0, 0.1) is 5.92 Å². The van der Waals surface area contributed by atoms with Crippen LogP contribution in [0.25, 0.3) is 0 Å². The Kier molecular flexibility index (Phi) is 6.26. The lowest BCUT2D eigenvalue weighted by molar-refractivity contribution is 0.0787. The van der Waals surface area contributed by atoms with E-state index in [-0.39, 0.29) is 17.3 Å². The number of hydrogen-bond acceptors (Lipinski definition) is 4. The topological polar surface area (TPSA) is 78.5 Å². The Morgan fingerprint density at radius 1 is 1.15 bits per heavy atom. The normalized spacial score (nSPS) is 17.2. The standard InChI is InChI=1S/C20H25N3O3S/c1-21-13-17-10-11-23(15-17)20(24)18-8-5-9-19(12-18)27(25,26)22-14-16-6-3-2-4-7-16/h2-9,12,17,21-22H,10-11,13-15H2,1H3. The van der Waals surface area contributed by atoms with E-state index >= 15 is 0 Å². The van der Waals surface area contributed by atoms with E-state index in [0.717, 1.165) is 18.5 Å². The molecule has 1 saturated heterocycles. The first kappa shape index (κ1) is 19.5. The van der Waals surface area contributed by atoms with Gasteiger partial charge in [0.2, 0.25) is 10.0 Å². The lowest BCUT2D eigenvalue weighted by Gasteiger charge is -2.17. The molecule has 0 saturated carbocycles. The van der Waals surface area contributed by atoms with E-state index in [1.54, 1.807) is 17.0 Å². The molecule has 3 rings (SSSR count). The van der Waals surface area contributed by atoms with Crippen molar-refractivity contribution >= 4 is 15.9 Å². The maximum atomic E-state index is 12.7. The van der Waals surface area contributed by atoms with Gasteiger partial charge in [-0.05, 0) is 49.7 Å². The number of benzene rings is 2. The molecule has 7 heteroatoms. The van der Waals surface area contributed by atoms with Crippen LogP contribution in [-0.4, -0.2) is 45.9 Å². The maximum absolute atomic E-state index is 12.7. The molecular formula is C20H25N3O3S.